The average Bonchev–Trinajstić information content (AvgIpc) is 2.91. The van der Waals surface area contributed by atoms with Gasteiger partial charge in [-0.15, -0.1) is 0 Å². The number of hydrogen-bond donors (Lipinski definition) is 3. The fourth-order valence-corrected chi connectivity index (χ4v) is 7.52. The zero-order chi connectivity index (χ0) is 23.3. The van der Waals surface area contributed by atoms with Crippen LogP contribution in [-0.4, -0.2) is 29.9 Å². The van der Waals surface area contributed by atoms with Gasteiger partial charge in [-0.3, -0.25) is 9.59 Å². The molecule has 1 heterocycles. The van der Waals surface area contributed by atoms with Gasteiger partial charge in [-0.2, -0.15) is 0 Å². The summed E-state index contributed by atoms with van der Waals surface area (Å²) in [4.78, 5) is 27.5. The molecule has 1 aliphatic heterocycles. The SMILES string of the molecule is C[C@@H]1CC(=O)Nc2ccccc2N1C(=O)CNc1ccccc1NC12CC3CC(CC(C3)C1)C2. The molecule has 5 aliphatic rings. The smallest absolute Gasteiger partial charge is 0.246 e. The third-order valence-electron chi connectivity index (χ3n) is 8.42. The summed E-state index contributed by atoms with van der Waals surface area (Å²) >= 11 is 0. The second-order valence-electron chi connectivity index (χ2n) is 11.1. The van der Waals surface area contributed by atoms with Crippen molar-refractivity contribution in [3.63, 3.8) is 0 Å². The molecule has 34 heavy (non-hydrogen) atoms. The topological polar surface area (TPSA) is 73.5 Å². The van der Waals surface area contributed by atoms with E-state index in [4.69, 9.17) is 0 Å². The molecule has 3 N–H and O–H groups in total. The van der Waals surface area contributed by atoms with Crippen molar-refractivity contribution < 1.29 is 9.59 Å². The lowest BCUT2D eigenvalue weighted by molar-refractivity contribution is -0.118. The quantitative estimate of drug-likeness (QED) is 0.573. The molecule has 4 bridgehead atoms. The Bertz CT molecular complexity index is 1080. The van der Waals surface area contributed by atoms with Crippen LogP contribution >= 0.6 is 0 Å². The molecule has 1 atom stereocenters. The van der Waals surface area contributed by atoms with Gasteiger partial charge in [-0.25, -0.2) is 0 Å². The molecule has 2 aromatic carbocycles. The lowest BCUT2D eigenvalue weighted by atomic mass is 9.53. The first-order valence-corrected chi connectivity index (χ1v) is 12.8. The highest BCUT2D eigenvalue weighted by atomic mass is 16.2. The van der Waals surface area contributed by atoms with Crippen LogP contribution in [0.1, 0.15) is 51.9 Å². The van der Waals surface area contributed by atoms with Gasteiger partial charge in [0.1, 0.15) is 0 Å². The van der Waals surface area contributed by atoms with E-state index in [1.807, 2.05) is 37.3 Å². The van der Waals surface area contributed by atoms with Crippen LogP contribution in [0.5, 0.6) is 0 Å². The first kappa shape index (κ1) is 21.5. The Morgan fingerprint density at radius 3 is 2.29 bits per heavy atom. The number of nitrogens with one attached hydrogen (secondary N) is 3. The minimum Gasteiger partial charge on any atom is -0.378 e. The summed E-state index contributed by atoms with van der Waals surface area (Å²) in [6.07, 6.45) is 8.36. The number of anilines is 4. The van der Waals surface area contributed by atoms with Gasteiger partial charge < -0.3 is 20.9 Å². The third kappa shape index (κ3) is 3.93. The molecule has 2 amide bonds. The Morgan fingerprint density at radius 2 is 1.59 bits per heavy atom. The number of para-hydroxylation sites is 4. The fourth-order valence-electron chi connectivity index (χ4n) is 7.52. The monoisotopic (exact) mass is 458 g/mol. The third-order valence-corrected chi connectivity index (χ3v) is 8.42. The first-order chi connectivity index (χ1) is 16.5. The molecular weight excluding hydrogens is 424 g/mol. The first-order valence-electron chi connectivity index (χ1n) is 12.8. The number of benzene rings is 2. The normalized spacial score (nSPS) is 31.4. The van der Waals surface area contributed by atoms with Crippen LogP contribution < -0.4 is 20.9 Å². The van der Waals surface area contributed by atoms with E-state index in [0.29, 0.717) is 5.69 Å². The van der Waals surface area contributed by atoms with Gasteiger partial charge in [0, 0.05) is 18.0 Å². The molecule has 4 aliphatic carbocycles. The lowest BCUT2D eigenvalue weighted by Crippen LogP contribution is -2.54. The molecule has 6 nitrogen and oxygen atoms in total. The van der Waals surface area contributed by atoms with Gasteiger partial charge in [0.05, 0.1) is 29.3 Å². The highest BCUT2D eigenvalue weighted by molar-refractivity contribution is 6.05. The maximum atomic E-state index is 13.4. The lowest BCUT2D eigenvalue weighted by Gasteiger charge is -2.57. The molecule has 0 saturated heterocycles. The van der Waals surface area contributed by atoms with Gasteiger partial charge >= 0.3 is 0 Å². The van der Waals surface area contributed by atoms with E-state index in [-0.39, 0.29) is 36.4 Å². The van der Waals surface area contributed by atoms with Gasteiger partial charge in [-0.05, 0) is 87.5 Å². The van der Waals surface area contributed by atoms with Gasteiger partial charge in [0.25, 0.3) is 0 Å². The van der Waals surface area contributed by atoms with Crippen molar-refractivity contribution in [3.8, 4) is 0 Å². The number of fused-ring (bicyclic) bond motifs is 1. The Kier molecular flexibility index (Phi) is 5.27. The summed E-state index contributed by atoms with van der Waals surface area (Å²) in [6.45, 7) is 2.11. The minimum absolute atomic E-state index is 0.0407. The Labute approximate surface area is 201 Å². The van der Waals surface area contributed by atoms with Crippen molar-refractivity contribution in [3.05, 3.63) is 48.5 Å². The molecule has 0 aromatic heterocycles. The molecule has 178 valence electrons. The second-order valence-corrected chi connectivity index (χ2v) is 11.1. The van der Waals surface area contributed by atoms with Gasteiger partial charge in [0.15, 0.2) is 0 Å². The predicted octanol–water partition coefficient (Wildman–Crippen LogP) is 5.24. The van der Waals surface area contributed by atoms with Crippen LogP contribution in [0.15, 0.2) is 48.5 Å². The molecule has 4 fully saturated rings. The van der Waals surface area contributed by atoms with Crippen LogP contribution in [0.4, 0.5) is 22.7 Å². The summed E-state index contributed by atoms with van der Waals surface area (Å²) < 4.78 is 0. The van der Waals surface area contributed by atoms with Gasteiger partial charge in [-0.1, -0.05) is 24.3 Å². The Balaban J connectivity index is 1.19. The number of hydrogen-bond acceptors (Lipinski definition) is 4. The largest absolute Gasteiger partial charge is 0.378 e. The summed E-state index contributed by atoms with van der Waals surface area (Å²) in [5, 5.41) is 10.3. The van der Waals surface area contributed by atoms with Crippen LogP contribution in [-0.2, 0) is 9.59 Å². The van der Waals surface area contributed by atoms with Crippen LogP contribution in [0.3, 0.4) is 0 Å². The van der Waals surface area contributed by atoms with Gasteiger partial charge in [0.2, 0.25) is 11.8 Å². The van der Waals surface area contributed by atoms with E-state index in [9.17, 15) is 9.59 Å². The average molecular weight is 459 g/mol. The zero-order valence-electron chi connectivity index (χ0n) is 19.8. The number of carbonyl (C=O) groups is 2. The van der Waals surface area contributed by atoms with Crippen molar-refractivity contribution >= 4 is 34.6 Å². The van der Waals surface area contributed by atoms with Crippen LogP contribution in [0.25, 0.3) is 0 Å². The van der Waals surface area contributed by atoms with E-state index in [1.165, 1.54) is 38.5 Å². The summed E-state index contributed by atoms with van der Waals surface area (Å²) in [7, 11) is 0. The maximum absolute atomic E-state index is 13.4. The molecule has 0 spiro atoms. The Morgan fingerprint density at radius 1 is 0.971 bits per heavy atom. The standard InChI is InChI=1S/C28H34N4O2/c1-18-10-26(33)30-24-8-4-5-9-25(24)32(18)27(34)17-29-22-6-2-3-7-23(22)31-28-14-19-11-20(15-28)13-21(12-19)16-28/h2-9,18-21,29,31H,10-17H2,1H3,(H,30,33)/t18-,19?,20?,21?,28?/m1/s1. The molecule has 0 unspecified atom stereocenters. The van der Waals surface area contributed by atoms with Crippen molar-refractivity contribution in [2.45, 2.75) is 63.5 Å². The fraction of sp³-hybridized carbons (Fsp3) is 0.500. The van der Waals surface area contributed by atoms with Crippen molar-refractivity contribution in [1.82, 2.24) is 0 Å². The highest BCUT2D eigenvalue weighted by Crippen LogP contribution is 2.56. The van der Waals surface area contributed by atoms with E-state index in [2.05, 4.69) is 34.1 Å². The van der Waals surface area contributed by atoms with E-state index < -0.39 is 0 Å². The number of nitrogens with zero attached hydrogens (tertiary/aromatic N) is 1. The summed E-state index contributed by atoms with van der Waals surface area (Å²) in [5.41, 5.74) is 3.72. The number of rotatable bonds is 5. The van der Waals surface area contributed by atoms with Crippen molar-refractivity contribution in [2.75, 3.05) is 27.4 Å². The molecule has 7 rings (SSSR count). The van der Waals surface area contributed by atoms with Crippen LogP contribution in [0.2, 0.25) is 0 Å². The van der Waals surface area contributed by atoms with Crippen molar-refractivity contribution in [1.29, 1.82) is 0 Å². The maximum Gasteiger partial charge on any atom is 0.246 e. The minimum atomic E-state index is -0.210. The second kappa shape index (κ2) is 8.33. The van der Waals surface area contributed by atoms with E-state index >= 15 is 0 Å². The predicted molar refractivity (Wildman–Crippen MR) is 136 cm³/mol. The van der Waals surface area contributed by atoms with Crippen molar-refractivity contribution in [2.24, 2.45) is 17.8 Å². The summed E-state index contributed by atoms with van der Waals surface area (Å²) in [6, 6.07) is 15.6. The number of amides is 2. The van der Waals surface area contributed by atoms with Crippen LogP contribution in [0, 0.1) is 17.8 Å². The molecule has 6 heteroatoms. The summed E-state index contributed by atoms with van der Waals surface area (Å²) in [5.74, 6) is 2.53. The molecular formula is C28H34N4O2. The number of carbonyl (C=O) groups excluding carboxylic acids is 2. The van der Waals surface area contributed by atoms with E-state index in [0.717, 1.165) is 34.8 Å². The molecule has 2 aromatic rings. The van der Waals surface area contributed by atoms with E-state index in [1.54, 1.807) is 4.90 Å². The molecule has 4 saturated carbocycles. The highest BCUT2D eigenvalue weighted by Gasteiger charge is 2.51. The Hall–Kier alpha value is -3.02. The zero-order valence-corrected chi connectivity index (χ0v) is 19.8. The molecule has 0 radical (unpaired) electrons.